The Morgan fingerprint density at radius 3 is 1.33 bits per heavy atom. The highest BCUT2D eigenvalue weighted by atomic mass is 14.9. The van der Waals surface area contributed by atoms with Gasteiger partial charge in [0, 0.05) is 22.1 Å². The maximum atomic E-state index is 5.22. The van der Waals surface area contributed by atoms with E-state index >= 15 is 0 Å². The Balaban J connectivity index is 1.04. The minimum absolute atomic E-state index is 0.00291. The summed E-state index contributed by atoms with van der Waals surface area (Å²) in [5.74, 6) is 0.699. The second-order valence-electron chi connectivity index (χ2n) is 15.4. The zero-order valence-electron chi connectivity index (χ0n) is 32.0. The summed E-state index contributed by atoms with van der Waals surface area (Å²) in [6, 6.07) is 73.8. The Bertz CT molecular complexity index is 2840. The Morgan fingerprint density at radius 1 is 0.281 bits per heavy atom. The zero-order valence-corrected chi connectivity index (χ0v) is 32.0. The molecule has 57 heavy (non-hydrogen) atoms. The number of fused-ring (bicyclic) bond motifs is 3. The second-order valence-corrected chi connectivity index (χ2v) is 15.4. The first-order valence-electron chi connectivity index (χ1n) is 19.6. The van der Waals surface area contributed by atoms with Crippen LogP contribution in [0.15, 0.2) is 206 Å². The van der Waals surface area contributed by atoms with Gasteiger partial charge in [-0.3, -0.25) is 0 Å². The van der Waals surface area contributed by atoms with Crippen LogP contribution < -0.4 is 0 Å². The van der Waals surface area contributed by atoms with E-state index in [1.807, 2.05) is 18.2 Å². The van der Waals surface area contributed by atoms with Crippen molar-refractivity contribution in [2.24, 2.45) is 0 Å². The van der Waals surface area contributed by atoms with Crippen LogP contribution in [-0.2, 0) is 5.41 Å². The summed E-state index contributed by atoms with van der Waals surface area (Å²) in [7, 11) is 0. The third-order valence-electron chi connectivity index (χ3n) is 11.5. The lowest BCUT2D eigenvalue weighted by molar-refractivity contribution is 0.660. The number of benzene rings is 8. The highest BCUT2D eigenvalue weighted by Crippen LogP contribution is 2.49. The van der Waals surface area contributed by atoms with E-state index in [1.54, 1.807) is 0 Å². The van der Waals surface area contributed by atoms with Gasteiger partial charge < -0.3 is 0 Å². The molecular formula is C55H40N2. The van der Waals surface area contributed by atoms with Crippen molar-refractivity contribution in [2.45, 2.75) is 19.3 Å². The Morgan fingerprint density at radius 2 is 0.702 bits per heavy atom. The number of hydrogen-bond acceptors (Lipinski definition) is 2. The fraction of sp³-hybridized carbons (Fsp3) is 0.0545. The molecule has 0 N–H and O–H groups in total. The van der Waals surface area contributed by atoms with Gasteiger partial charge in [0.15, 0.2) is 5.82 Å². The molecule has 1 aliphatic carbocycles. The molecule has 0 saturated heterocycles. The predicted octanol–water partition coefficient (Wildman–Crippen LogP) is 14.5. The van der Waals surface area contributed by atoms with Crippen LogP contribution in [0.25, 0.3) is 89.5 Å². The molecule has 0 radical (unpaired) electrons. The zero-order chi connectivity index (χ0) is 38.3. The standard InChI is InChI=1S/C55H40N2/c1-55(2)50-24-13-12-23-48(50)49-35-43(29-30-51(49)55)40-27-25-39(26-28-40)42-21-14-22-44(31-42)52-36-53(57-54(56-52)41-19-10-5-11-20-41)47-33-45(37-15-6-3-7-16-37)32-46(34-47)38-17-8-4-9-18-38/h3-36H,1-2H3. The second kappa shape index (κ2) is 14.2. The number of nitrogens with zero attached hydrogens (tertiary/aromatic N) is 2. The average molecular weight is 729 g/mol. The van der Waals surface area contributed by atoms with E-state index in [0.29, 0.717) is 5.82 Å². The van der Waals surface area contributed by atoms with Gasteiger partial charge in [0.05, 0.1) is 11.4 Å². The largest absolute Gasteiger partial charge is 0.228 e. The van der Waals surface area contributed by atoms with E-state index in [9.17, 15) is 0 Å². The number of aromatic nitrogens is 2. The van der Waals surface area contributed by atoms with Gasteiger partial charge in [0.2, 0.25) is 0 Å². The normalized spacial score (nSPS) is 12.5. The molecule has 270 valence electrons. The highest BCUT2D eigenvalue weighted by molar-refractivity contribution is 5.86. The topological polar surface area (TPSA) is 25.8 Å². The van der Waals surface area contributed by atoms with E-state index in [4.69, 9.17) is 9.97 Å². The van der Waals surface area contributed by atoms with Crippen LogP contribution in [0.3, 0.4) is 0 Å². The monoisotopic (exact) mass is 728 g/mol. The van der Waals surface area contributed by atoms with Gasteiger partial charge in [0.25, 0.3) is 0 Å². The Hall–Kier alpha value is -7.16. The van der Waals surface area contributed by atoms with Crippen molar-refractivity contribution in [1.29, 1.82) is 0 Å². The summed E-state index contributed by atoms with van der Waals surface area (Å²) in [4.78, 5) is 10.4. The summed E-state index contributed by atoms with van der Waals surface area (Å²) in [5, 5.41) is 0. The molecule has 9 aromatic rings. The summed E-state index contributed by atoms with van der Waals surface area (Å²) >= 11 is 0. The van der Waals surface area contributed by atoms with Crippen LogP contribution in [-0.4, -0.2) is 9.97 Å². The highest BCUT2D eigenvalue weighted by Gasteiger charge is 2.35. The van der Waals surface area contributed by atoms with Crippen molar-refractivity contribution in [3.05, 3.63) is 217 Å². The van der Waals surface area contributed by atoms with Gasteiger partial charge in [0.1, 0.15) is 0 Å². The quantitative estimate of drug-likeness (QED) is 0.163. The molecule has 0 atom stereocenters. The summed E-state index contributed by atoms with van der Waals surface area (Å²) in [6.45, 7) is 4.66. The van der Waals surface area contributed by atoms with Gasteiger partial charge in [-0.15, -0.1) is 0 Å². The molecule has 2 nitrogen and oxygen atoms in total. The lowest BCUT2D eigenvalue weighted by Crippen LogP contribution is -2.14. The summed E-state index contributed by atoms with van der Waals surface area (Å²) in [6.07, 6.45) is 0. The lowest BCUT2D eigenvalue weighted by atomic mass is 9.82. The maximum absolute atomic E-state index is 5.22. The van der Waals surface area contributed by atoms with Crippen LogP contribution in [0.5, 0.6) is 0 Å². The van der Waals surface area contributed by atoms with E-state index in [1.165, 1.54) is 44.5 Å². The molecule has 0 bridgehead atoms. The van der Waals surface area contributed by atoms with Crippen molar-refractivity contribution in [1.82, 2.24) is 9.97 Å². The molecular weight excluding hydrogens is 689 g/mol. The van der Waals surface area contributed by atoms with Gasteiger partial charge in [-0.25, -0.2) is 9.97 Å². The Kier molecular flexibility index (Phi) is 8.53. The fourth-order valence-electron chi connectivity index (χ4n) is 8.44. The molecule has 10 rings (SSSR count). The van der Waals surface area contributed by atoms with Gasteiger partial charge in [-0.2, -0.15) is 0 Å². The van der Waals surface area contributed by atoms with Crippen molar-refractivity contribution < 1.29 is 0 Å². The van der Waals surface area contributed by atoms with Crippen LogP contribution in [0, 0.1) is 0 Å². The molecule has 1 heterocycles. The molecule has 2 heteroatoms. The molecule has 0 fully saturated rings. The summed E-state index contributed by atoms with van der Waals surface area (Å²) < 4.78 is 0. The average Bonchev–Trinajstić information content (AvgIpc) is 3.52. The molecule has 1 aromatic heterocycles. The predicted molar refractivity (Wildman–Crippen MR) is 238 cm³/mol. The van der Waals surface area contributed by atoms with Crippen LogP contribution in [0.4, 0.5) is 0 Å². The number of hydrogen-bond donors (Lipinski definition) is 0. The van der Waals surface area contributed by atoms with Crippen LogP contribution in [0.2, 0.25) is 0 Å². The van der Waals surface area contributed by atoms with Crippen LogP contribution >= 0.6 is 0 Å². The summed E-state index contributed by atoms with van der Waals surface area (Å²) in [5.41, 5.74) is 19.7. The molecule has 0 unspecified atom stereocenters. The first-order chi connectivity index (χ1) is 28.0. The molecule has 0 saturated carbocycles. The van der Waals surface area contributed by atoms with Crippen LogP contribution in [0.1, 0.15) is 25.0 Å². The molecule has 1 aliphatic rings. The first-order valence-corrected chi connectivity index (χ1v) is 19.6. The lowest BCUT2D eigenvalue weighted by Gasteiger charge is -2.21. The third-order valence-corrected chi connectivity index (χ3v) is 11.5. The minimum Gasteiger partial charge on any atom is -0.228 e. The van der Waals surface area contributed by atoms with Gasteiger partial charge >= 0.3 is 0 Å². The van der Waals surface area contributed by atoms with Crippen molar-refractivity contribution in [3.8, 4) is 89.5 Å². The van der Waals surface area contributed by atoms with Crippen molar-refractivity contribution in [2.75, 3.05) is 0 Å². The maximum Gasteiger partial charge on any atom is 0.160 e. The van der Waals surface area contributed by atoms with Gasteiger partial charge in [-0.1, -0.05) is 184 Å². The SMILES string of the molecule is CC1(C)c2ccccc2-c2cc(-c3ccc(-c4cccc(-c5cc(-c6cc(-c7ccccc7)cc(-c7ccccc7)c6)nc(-c6ccccc6)n5)c4)cc3)ccc21. The Labute approximate surface area is 334 Å². The third kappa shape index (κ3) is 6.46. The minimum atomic E-state index is 0.00291. The molecule has 8 aromatic carbocycles. The smallest absolute Gasteiger partial charge is 0.160 e. The molecule has 0 amide bonds. The van der Waals surface area contributed by atoms with E-state index in [0.717, 1.165) is 50.3 Å². The first kappa shape index (κ1) is 34.3. The van der Waals surface area contributed by atoms with E-state index in [-0.39, 0.29) is 5.41 Å². The molecule has 0 spiro atoms. The van der Waals surface area contributed by atoms with E-state index in [2.05, 4.69) is 202 Å². The number of rotatable bonds is 7. The van der Waals surface area contributed by atoms with Gasteiger partial charge in [-0.05, 0) is 103 Å². The molecule has 0 aliphatic heterocycles. The fourth-order valence-corrected chi connectivity index (χ4v) is 8.44. The van der Waals surface area contributed by atoms with Crippen molar-refractivity contribution >= 4 is 0 Å². The van der Waals surface area contributed by atoms with E-state index < -0.39 is 0 Å². The van der Waals surface area contributed by atoms with Crippen molar-refractivity contribution in [3.63, 3.8) is 0 Å².